The first-order chi connectivity index (χ1) is 16.8. The first-order valence-electron chi connectivity index (χ1n) is 12.5. The Morgan fingerprint density at radius 3 is 1.94 bits per heavy atom. The number of nitrogens with zero attached hydrogens (tertiary/aromatic N) is 2. The summed E-state index contributed by atoms with van der Waals surface area (Å²) in [7, 11) is -1.53. The van der Waals surface area contributed by atoms with Crippen LogP contribution in [0.4, 0.5) is 0 Å². The lowest BCUT2D eigenvalue weighted by molar-refractivity contribution is -0.121. The number of nitrogens with one attached hydrogen (secondary N) is 2. The highest BCUT2D eigenvalue weighted by molar-refractivity contribution is 7.44. The van der Waals surface area contributed by atoms with Gasteiger partial charge in [-0.1, -0.05) is 0 Å². The summed E-state index contributed by atoms with van der Waals surface area (Å²) in [5, 5.41) is 14.3. The van der Waals surface area contributed by atoms with Crippen molar-refractivity contribution < 1.29 is 28.9 Å². The number of aliphatic hydroxyl groups is 2. The van der Waals surface area contributed by atoms with Gasteiger partial charge in [0.1, 0.15) is 12.7 Å². The first-order valence-corrected chi connectivity index (χ1v) is 12.8. The molecule has 0 heterocycles. The molecule has 0 rings (SSSR count). The van der Waals surface area contributed by atoms with E-state index in [0.29, 0.717) is 38.5 Å². The highest BCUT2D eigenvalue weighted by atomic mass is 31.2. The van der Waals surface area contributed by atoms with Crippen LogP contribution in [0, 0.1) is 6.57 Å². The molecule has 0 spiro atoms. The Bertz CT molecular complexity index is 577. The van der Waals surface area contributed by atoms with E-state index in [-0.39, 0.29) is 63.4 Å². The predicted molar refractivity (Wildman–Crippen MR) is 129 cm³/mol. The molecule has 1 unspecified atom stereocenters. The van der Waals surface area contributed by atoms with Gasteiger partial charge in [0.05, 0.1) is 0 Å². The molecule has 0 radical (unpaired) electrons. The van der Waals surface area contributed by atoms with Gasteiger partial charge in [0.15, 0.2) is 0 Å². The van der Waals surface area contributed by atoms with E-state index in [4.69, 9.17) is 18.5 Å². The number of amides is 2. The number of unbranched alkanes of at least 4 members (excludes halogenated alkanes) is 2. The lowest BCUT2D eigenvalue weighted by Gasteiger charge is -2.37. The van der Waals surface area contributed by atoms with Gasteiger partial charge in [-0.25, -0.2) is 11.2 Å². The molecule has 0 aliphatic rings. The molecule has 33 heavy (non-hydrogen) atoms. The third-order valence-electron chi connectivity index (χ3n) is 4.54. The number of carbonyl (C=O) groups is 2. The maximum absolute atomic E-state index is 12.3. The molecule has 0 bridgehead atoms. The average molecular weight is 493 g/mol. The van der Waals surface area contributed by atoms with E-state index in [0.717, 1.165) is 0 Å². The Hall–Kier alpha value is -1.34. The van der Waals surface area contributed by atoms with Gasteiger partial charge in [-0.3, -0.25) is 9.59 Å². The average Bonchev–Trinajstić information content (AvgIpc) is 2.80. The van der Waals surface area contributed by atoms with Crippen LogP contribution < -0.4 is 10.6 Å². The summed E-state index contributed by atoms with van der Waals surface area (Å²) in [6, 6.07) is 0.245. The quantitative estimate of drug-likeness (QED) is 0.104. The normalized spacial score (nSPS) is 13.2. The van der Waals surface area contributed by atoms with E-state index in [1.807, 2.05) is 27.7 Å². The molecule has 0 aromatic rings. The van der Waals surface area contributed by atoms with Crippen molar-refractivity contribution >= 4 is 20.3 Å². The van der Waals surface area contributed by atoms with E-state index in [1.165, 1.54) is 0 Å². The van der Waals surface area contributed by atoms with Crippen molar-refractivity contribution in [2.75, 3.05) is 39.5 Å². The minimum atomic E-state index is -1.53. The van der Waals surface area contributed by atoms with Crippen molar-refractivity contribution in [3.05, 3.63) is 11.4 Å². The van der Waals surface area contributed by atoms with Gasteiger partial charge in [0.25, 0.3) is 8.53 Å². The Kier molecular flexibility index (Phi) is 17.0. The minimum absolute atomic E-state index is 0.123. The molecule has 0 aliphatic heterocycles. The van der Waals surface area contributed by atoms with Crippen molar-refractivity contribution in [1.29, 1.82) is 2.86 Å². The second-order valence-electron chi connectivity index (χ2n) is 8.18. The van der Waals surface area contributed by atoms with Gasteiger partial charge in [0.2, 0.25) is 21.2 Å². The molecule has 0 fully saturated rings. The maximum atomic E-state index is 12.3. The monoisotopic (exact) mass is 492 g/mol. The van der Waals surface area contributed by atoms with Crippen LogP contribution in [-0.2, 0) is 18.6 Å². The van der Waals surface area contributed by atoms with E-state index in [2.05, 4.69) is 30.4 Å². The lowest BCUT2D eigenvalue weighted by atomic mass is 10.2. The van der Waals surface area contributed by atoms with Crippen LogP contribution in [-0.4, -0.2) is 87.2 Å². The molecule has 0 aromatic carbocycles. The van der Waals surface area contributed by atoms with Crippen molar-refractivity contribution in [1.82, 2.24) is 15.3 Å². The summed E-state index contributed by atoms with van der Waals surface area (Å²) in [4.78, 5) is 27.9. The number of hydrogen-bond donors (Lipinski definition) is 4. The molecular weight excluding hydrogens is 447 g/mol. The third kappa shape index (κ3) is 16.0. The molecule has 2 amide bonds. The molecule has 0 aromatic heterocycles. The van der Waals surface area contributed by atoms with Crippen molar-refractivity contribution in [2.24, 2.45) is 0 Å². The highest BCUT2D eigenvalue weighted by Gasteiger charge is 2.30. The summed E-state index contributed by atoms with van der Waals surface area (Å²) in [5.41, 5.74) is 0. The maximum Gasteiger partial charge on any atom is 0.259 e. The Morgan fingerprint density at radius 2 is 1.52 bits per heavy atom. The highest BCUT2D eigenvalue weighted by Crippen LogP contribution is 2.46. The van der Waals surface area contributed by atoms with Gasteiger partial charge in [-0.2, -0.15) is 0 Å². The van der Waals surface area contributed by atoms with Crippen LogP contribution in [0.3, 0.4) is 0 Å². The summed E-state index contributed by atoms with van der Waals surface area (Å²) < 4.78 is 27.8. The van der Waals surface area contributed by atoms with Gasteiger partial charge in [0, 0.05) is 51.2 Å². The van der Waals surface area contributed by atoms with Gasteiger partial charge < -0.3 is 34.7 Å². The predicted octanol–water partition coefficient (Wildman–Crippen LogP) is 2.21. The smallest absolute Gasteiger partial charge is 0.259 e. The molecule has 1 atom stereocenters. The van der Waals surface area contributed by atoms with Crippen molar-refractivity contribution in [3.8, 4) is 0 Å². The number of aliphatic hydroxyl groups excluding tert-OH is 2. The zero-order chi connectivity index (χ0) is 26.5. The van der Waals surface area contributed by atoms with Crippen molar-refractivity contribution in [2.45, 2.75) is 84.4 Å². The van der Waals surface area contributed by atoms with Gasteiger partial charge >= 0.3 is 0 Å². The van der Waals surface area contributed by atoms with Gasteiger partial charge in [-0.05, 0) is 53.4 Å². The largest absolute Gasteiger partial charge is 0.396 e. The van der Waals surface area contributed by atoms with E-state index in [1.54, 1.807) is 0 Å². The van der Waals surface area contributed by atoms with E-state index >= 15 is 0 Å². The van der Waals surface area contributed by atoms with Crippen LogP contribution >= 0.6 is 8.53 Å². The lowest BCUT2D eigenvalue weighted by Crippen LogP contribution is -2.43. The Morgan fingerprint density at radius 1 is 1.00 bits per heavy atom. The molecule has 0 saturated heterocycles. The number of carbonyl (C=O) groups excluding carboxylic acids is 2. The zero-order valence-electron chi connectivity index (χ0n) is 22.5. The molecular formula is C22H43N4O6P. The molecule has 11 heteroatoms. The third-order valence-corrected chi connectivity index (χ3v) is 6.72. The van der Waals surface area contributed by atoms with Gasteiger partial charge in [-0.15, -0.1) is 0 Å². The summed E-state index contributed by atoms with van der Waals surface area (Å²) >= 11 is 0. The molecule has 10 nitrogen and oxygen atoms in total. The molecule has 4 N–H and O–H groups in total. The summed E-state index contributed by atoms with van der Waals surface area (Å²) in [6.07, 6.45) is 2.54. The molecule has 0 aliphatic carbocycles. The van der Waals surface area contributed by atoms with Crippen LogP contribution in [0.2, 0.25) is 0 Å². The van der Waals surface area contributed by atoms with Crippen LogP contribution in [0.5, 0.6) is 0 Å². The van der Waals surface area contributed by atoms with E-state index in [9.17, 15) is 9.59 Å². The summed E-state index contributed by atoms with van der Waals surface area (Å²) in [5.74, 6) is -0.291. The topological polar surface area (TPSA) is 125 Å². The zero-order valence-corrected chi connectivity index (χ0v) is 21.4. The van der Waals surface area contributed by atoms with E-state index < -0.39 is 14.6 Å². The number of rotatable bonds is 22. The Labute approximate surface area is 203 Å². The second kappa shape index (κ2) is 20.1. The fourth-order valence-electron chi connectivity index (χ4n) is 2.97. The van der Waals surface area contributed by atoms with Crippen molar-refractivity contribution in [3.63, 3.8) is 0 Å². The second-order valence-corrected chi connectivity index (χ2v) is 9.58. The molecule has 0 saturated carbocycles. The fraction of sp³-hybridized carbons (Fsp3) is 0.864. The Balaban J connectivity index is 5.18. The first kappa shape index (κ1) is 27.9. The minimum Gasteiger partial charge on any atom is -0.396 e. The molecule has 192 valence electrons. The van der Waals surface area contributed by atoms with Crippen LogP contribution in [0.1, 0.15) is 66.2 Å². The SMILES string of the molecule is [2H]OCCCCC(=O)NCC(CNC(=O)CCCCO[2H])OP(OCC[N+]#[C-])N(C(C)C)C(C)C. The fourth-order valence-corrected chi connectivity index (χ4v) is 4.67. The van der Waals surface area contributed by atoms with Crippen LogP contribution in [0.15, 0.2) is 0 Å². The van der Waals surface area contributed by atoms with Crippen LogP contribution in [0.25, 0.3) is 4.85 Å². The summed E-state index contributed by atoms with van der Waals surface area (Å²) in [6.45, 7) is 16.6. The number of hydrogen-bond acceptors (Lipinski definition) is 7. The standard InChI is InChI=1S/C22H43N4O6P/c1-18(2)26(19(3)4)33(31-15-12-23-5)32-20(16-24-21(29)10-6-8-13-27)17-25-22(30)11-7-9-14-28/h18-20,27-28H,6-17H2,1-4H3,(H,24,29)(H,25,30)/i27D,28D.